The maximum atomic E-state index is 11.4. The normalized spacial score (nSPS) is 22.0. The Morgan fingerprint density at radius 1 is 1.59 bits per heavy atom. The van der Waals surface area contributed by atoms with Crippen molar-refractivity contribution in [1.82, 2.24) is 5.32 Å². The minimum absolute atomic E-state index is 0.0189. The monoisotopic (exact) mass is 237 g/mol. The molecule has 0 aromatic carbocycles. The first kappa shape index (κ1) is 13.9. The second-order valence-corrected chi connectivity index (χ2v) is 4.90. The van der Waals surface area contributed by atoms with Gasteiger partial charge in [-0.2, -0.15) is 0 Å². The fraction of sp³-hybridized carbons (Fsp3) is 0.714. The quantitative estimate of drug-likeness (QED) is 0.570. The number of rotatable bonds is 6. The molecule has 1 aliphatic rings. The Hall–Kier alpha value is -1.12. The highest BCUT2D eigenvalue weighted by Crippen LogP contribution is 2.29. The summed E-state index contributed by atoms with van der Waals surface area (Å²) in [6, 6.07) is 0. The van der Waals surface area contributed by atoms with E-state index in [2.05, 4.69) is 19.2 Å². The number of amides is 1. The predicted octanol–water partition coefficient (Wildman–Crippen LogP) is 2.46. The number of hydrogen-bond donors (Lipinski definition) is 1. The maximum Gasteiger partial charge on any atom is 0.243 e. The molecular formula is C14H23NO2. The smallest absolute Gasteiger partial charge is 0.243 e. The van der Waals surface area contributed by atoms with Gasteiger partial charge in [0.1, 0.15) is 5.78 Å². The van der Waals surface area contributed by atoms with Crippen LogP contribution in [0.2, 0.25) is 0 Å². The van der Waals surface area contributed by atoms with Gasteiger partial charge in [-0.05, 0) is 30.8 Å². The van der Waals surface area contributed by atoms with Crippen molar-refractivity contribution in [1.29, 1.82) is 0 Å². The molecule has 0 heterocycles. The Labute approximate surface area is 104 Å². The van der Waals surface area contributed by atoms with E-state index in [4.69, 9.17) is 0 Å². The summed E-state index contributed by atoms with van der Waals surface area (Å²) in [6.07, 6.45) is 8.03. The number of hydrogen-bond acceptors (Lipinski definition) is 2. The zero-order valence-corrected chi connectivity index (χ0v) is 10.9. The highest BCUT2D eigenvalue weighted by Gasteiger charge is 2.25. The predicted molar refractivity (Wildman–Crippen MR) is 68.6 cm³/mol. The van der Waals surface area contributed by atoms with Crippen LogP contribution in [0.3, 0.4) is 0 Å². The number of carbonyl (C=O) groups excluding carboxylic acids is 2. The van der Waals surface area contributed by atoms with E-state index in [-0.39, 0.29) is 5.91 Å². The lowest BCUT2D eigenvalue weighted by Gasteiger charge is -2.13. The van der Waals surface area contributed by atoms with Crippen LogP contribution in [0.5, 0.6) is 0 Å². The molecule has 1 N–H and O–H groups in total. The summed E-state index contributed by atoms with van der Waals surface area (Å²) in [4.78, 5) is 22.6. The lowest BCUT2D eigenvalue weighted by Crippen LogP contribution is -2.22. The van der Waals surface area contributed by atoms with Crippen molar-refractivity contribution in [3.05, 3.63) is 12.2 Å². The van der Waals surface area contributed by atoms with E-state index in [0.717, 1.165) is 25.8 Å². The molecule has 0 bridgehead atoms. The van der Waals surface area contributed by atoms with Crippen molar-refractivity contribution in [2.45, 2.75) is 46.0 Å². The van der Waals surface area contributed by atoms with Crippen molar-refractivity contribution in [3.8, 4) is 0 Å². The van der Waals surface area contributed by atoms with E-state index in [9.17, 15) is 9.59 Å². The molecule has 17 heavy (non-hydrogen) atoms. The van der Waals surface area contributed by atoms with Crippen LogP contribution >= 0.6 is 0 Å². The minimum atomic E-state index is -0.0189. The van der Waals surface area contributed by atoms with Gasteiger partial charge in [-0.15, -0.1) is 0 Å². The summed E-state index contributed by atoms with van der Waals surface area (Å²) in [6.45, 7) is 4.93. The van der Waals surface area contributed by atoms with Gasteiger partial charge in [0.05, 0.1) is 0 Å². The summed E-state index contributed by atoms with van der Waals surface area (Å²) in [5.74, 6) is 1.10. The molecule has 3 heteroatoms. The van der Waals surface area contributed by atoms with Gasteiger partial charge in [0, 0.05) is 19.4 Å². The molecule has 0 radical (unpaired) electrons. The van der Waals surface area contributed by atoms with E-state index in [1.807, 2.05) is 6.08 Å². The van der Waals surface area contributed by atoms with Crippen LogP contribution in [0.25, 0.3) is 0 Å². The van der Waals surface area contributed by atoms with Crippen molar-refractivity contribution in [2.24, 2.45) is 11.8 Å². The molecule has 0 aromatic heterocycles. The maximum absolute atomic E-state index is 11.4. The number of allylic oxidation sites excluding steroid dienone is 1. The largest absolute Gasteiger partial charge is 0.353 e. The Bertz CT molecular complexity index is 297. The number of Topliss-reactive ketones (excluding diaryl/α,β-unsaturated/α-hetero) is 1. The molecule has 1 rings (SSSR count). The first-order valence-electron chi connectivity index (χ1n) is 6.61. The first-order chi connectivity index (χ1) is 8.13. The fourth-order valence-electron chi connectivity index (χ4n) is 2.14. The Kier molecular flexibility index (Phi) is 5.95. The molecule has 0 aromatic rings. The van der Waals surface area contributed by atoms with Gasteiger partial charge < -0.3 is 5.32 Å². The molecule has 1 amide bonds. The molecule has 96 valence electrons. The van der Waals surface area contributed by atoms with Crippen LogP contribution in [-0.4, -0.2) is 18.2 Å². The SMILES string of the molecule is CCCCNC(=O)/C=C/[C@H](C)[C@@H]1CCC(=O)C1. The molecule has 3 nitrogen and oxygen atoms in total. The lowest BCUT2D eigenvalue weighted by atomic mass is 9.92. The molecule has 1 aliphatic carbocycles. The molecular weight excluding hydrogens is 214 g/mol. The number of unbranched alkanes of at least 4 members (excludes halogenated alkanes) is 1. The second kappa shape index (κ2) is 7.25. The summed E-state index contributed by atoms with van der Waals surface area (Å²) >= 11 is 0. The third kappa shape index (κ3) is 5.16. The molecule has 0 spiro atoms. The van der Waals surface area contributed by atoms with Crippen LogP contribution in [-0.2, 0) is 9.59 Å². The standard InChI is InChI=1S/C14H23NO2/c1-3-4-9-15-14(17)8-5-11(2)12-6-7-13(16)10-12/h5,8,11-12H,3-4,6-7,9-10H2,1-2H3,(H,15,17)/b8-5+/t11-,12+/m0/s1. The Balaban J connectivity index is 2.27. The van der Waals surface area contributed by atoms with Gasteiger partial charge in [-0.1, -0.05) is 26.3 Å². The summed E-state index contributed by atoms with van der Waals surface area (Å²) in [7, 11) is 0. The van der Waals surface area contributed by atoms with Crippen LogP contribution in [0.1, 0.15) is 46.0 Å². The Morgan fingerprint density at radius 3 is 2.94 bits per heavy atom. The van der Waals surface area contributed by atoms with Gasteiger partial charge in [-0.3, -0.25) is 9.59 Å². The zero-order valence-electron chi connectivity index (χ0n) is 10.9. The lowest BCUT2D eigenvalue weighted by molar-refractivity contribution is -0.118. The third-order valence-electron chi connectivity index (χ3n) is 3.41. The van der Waals surface area contributed by atoms with E-state index in [0.29, 0.717) is 30.5 Å². The topological polar surface area (TPSA) is 46.2 Å². The van der Waals surface area contributed by atoms with Gasteiger partial charge >= 0.3 is 0 Å². The van der Waals surface area contributed by atoms with Crippen molar-refractivity contribution < 1.29 is 9.59 Å². The van der Waals surface area contributed by atoms with Gasteiger partial charge in [-0.25, -0.2) is 0 Å². The van der Waals surface area contributed by atoms with Crippen molar-refractivity contribution in [3.63, 3.8) is 0 Å². The molecule has 0 saturated heterocycles. The van der Waals surface area contributed by atoms with Crippen LogP contribution in [0.15, 0.2) is 12.2 Å². The highest BCUT2D eigenvalue weighted by atomic mass is 16.1. The minimum Gasteiger partial charge on any atom is -0.353 e. The number of carbonyl (C=O) groups is 2. The molecule has 2 atom stereocenters. The third-order valence-corrected chi connectivity index (χ3v) is 3.41. The van der Waals surface area contributed by atoms with Gasteiger partial charge in [0.25, 0.3) is 0 Å². The average molecular weight is 237 g/mol. The fourth-order valence-corrected chi connectivity index (χ4v) is 2.14. The highest BCUT2D eigenvalue weighted by molar-refractivity contribution is 5.87. The molecule has 1 fully saturated rings. The Morgan fingerprint density at radius 2 is 2.35 bits per heavy atom. The average Bonchev–Trinajstić information content (AvgIpc) is 2.73. The molecule has 1 saturated carbocycles. The number of ketones is 1. The van der Waals surface area contributed by atoms with E-state index >= 15 is 0 Å². The van der Waals surface area contributed by atoms with Crippen molar-refractivity contribution in [2.75, 3.05) is 6.54 Å². The van der Waals surface area contributed by atoms with E-state index < -0.39 is 0 Å². The van der Waals surface area contributed by atoms with Crippen molar-refractivity contribution >= 4 is 11.7 Å². The second-order valence-electron chi connectivity index (χ2n) is 4.90. The summed E-state index contributed by atoms with van der Waals surface area (Å²) in [5.41, 5.74) is 0. The van der Waals surface area contributed by atoms with E-state index in [1.54, 1.807) is 6.08 Å². The first-order valence-corrected chi connectivity index (χ1v) is 6.61. The number of nitrogens with one attached hydrogen (secondary N) is 1. The summed E-state index contributed by atoms with van der Waals surface area (Å²) < 4.78 is 0. The van der Waals surface area contributed by atoms with Gasteiger partial charge in [0.2, 0.25) is 5.91 Å². The van der Waals surface area contributed by atoms with E-state index in [1.165, 1.54) is 0 Å². The zero-order chi connectivity index (χ0) is 12.7. The van der Waals surface area contributed by atoms with Crippen LogP contribution < -0.4 is 5.32 Å². The van der Waals surface area contributed by atoms with Gasteiger partial charge in [0.15, 0.2) is 0 Å². The van der Waals surface area contributed by atoms with Crippen LogP contribution in [0.4, 0.5) is 0 Å². The molecule has 0 aliphatic heterocycles. The van der Waals surface area contributed by atoms with Crippen LogP contribution in [0, 0.1) is 11.8 Å². The molecule has 0 unspecified atom stereocenters. The summed E-state index contributed by atoms with van der Waals surface area (Å²) in [5, 5.41) is 2.85.